The van der Waals surface area contributed by atoms with Gasteiger partial charge >= 0.3 is 0 Å². The van der Waals surface area contributed by atoms with Gasteiger partial charge in [-0.2, -0.15) is 0 Å². The average molecular weight is 273 g/mol. The molecule has 0 aromatic heterocycles. The zero-order valence-corrected chi connectivity index (χ0v) is 11.5. The second kappa shape index (κ2) is 7.49. The first-order valence-corrected chi connectivity index (χ1v) is 6.55. The van der Waals surface area contributed by atoms with Crippen LogP contribution in [0.1, 0.15) is 32.3 Å². The maximum absolute atomic E-state index is 13.7. The van der Waals surface area contributed by atoms with Crippen LogP contribution in [0.25, 0.3) is 0 Å². The third kappa shape index (κ3) is 4.07. The van der Waals surface area contributed by atoms with E-state index in [4.69, 9.17) is 16.3 Å². The summed E-state index contributed by atoms with van der Waals surface area (Å²) in [7, 11) is 0. The van der Waals surface area contributed by atoms with Crippen molar-refractivity contribution in [2.45, 2.75) is 39.2 Å². The summed E-state index contributed by atoms with van der Waals surface area (Å²) in [6.07, 6.45) is 1.10. The number of ketones is 1. The second-order valence-corrected chi connectivity index (χ2v) is 4.50. The predicted molar refractivity (Wildman–Crippen MR) is 70.4 cm³/mol. The number of Topliss-reactive ketones (excluding diaryl/α,β-unsaturated/α-hetero) is 1. The first-order chi connectivity index (χ1) is 8.60. The molecule has 0 N–H and O–H groups in total. The van der Waals surface area contributed by atoms with Crippen LogP contribution >= 0.6 is 11.6 Å². The van der Waals surface area contributed by atoms with Crippen LogP contribution in [0.2, 0.25) is 5.02 Å². The predicted octanol–water partition coefficient (Wildman–Crippen LogP) is 3.80. The van der Waals surface area contributed by atoms with Crippen molar-refractivity contribution in [1.29, 1.82) is 0 Å². The molecule has 0 aliphatic heterocycles. The molecule has 0 amide bonds. The average Bonchev–Trinajstić information content (AvgIpc) is 2.34. The highest BCUT2D eigenvalue weighted by molar-refractivity contribution is 6.30. The standard InChI is InChI=1S/C14H18ClFO2/c1-3-6-13(18-4-2)12(17)9-10-7-5-8-11(15)14(10)16/h5,7-8,13H,3-4,6,9H2,1-2H3. The Morgan fingerprint density at radius 1 is 1.44 bits per heavy atom. The minimum absolute atomic E-state index is 0.0249. The van der Waals surface area contributed by atoms with Gasteiger partial charge in [0.25, 0.3) is 0 Å². The summed E-state index contributed by atoms with van der Waals surface area (Å²) in [5.41, 5.74) is 0.327. The molecule has 0 radical (unpaired) electrons. The van der Waals surface area contributed by atoms with Crippen LogP contribution in [0.15, 0.2) is 18.2 Å². The SMILES string of the molecule is CCCC(OCC)C(=O)Cc1cccc(Cl)c1F. The van der Waals surface area contributed by atoms with Gasteiger partial charge in [-0.25, -0.2) is 4.39 Å². The van der Waals surface area contributed by atoms with Crippen molar-refractivity contribution < 1.29 is 13.9 Å². The van der Waals surface area contributed by atoms with Crippen LogP contribution < -0.4 is 0 Å². The Kier molecular flexibility index (Phi) is 6.30. The van der Waals surface area contributed by atoms with E-state index in [1.54, 1.807) is 12.1 Å². The van der Waals surface area contributed by atoms with E-state index < -0.39 is 11.9 Å². The van der Waals surface area contributed by atoms with Gasteiger partial charge in [0.15, 0.2) is 5.78 Å². The lowest BCUT2D eigenvalue weighted by Gasteiger charge is -2.15. The molecule has 0 spiro atoms. The Bertz CT molecular complexity index is 401. The van der Waals surface area contributed by atoms with Crippen LogP contribution in [-0.4, -0.2) is 18.5 Å². The van der Waals surface area contributed by atoms with E-state index in [1.807, 2.05) is 13.8 Å². The minimum atomic E-state index is -0.515. The molecule has 1 aromatic rings. The molecule has 0 saturated carbocycles. The summed E-state index contributed by atoms with van der Waals surface area (Å²) in [6.45, 7) is 4.31. The summed E-state index contributed by atoms with van der Waals surface area (Å²) in [5.74, 6) is -0.612. The van der Waals surface area contributed by atoms with Gasteiger partial charge in [-0.1, -0.05) is 37.1 Å². The van der Waals surface area contributed by atoms with Gasteiger partial charge in [-0.05, 0) is 25.0 Å². The van der Waals surface area contributed by atoms with Crippen molar-refractivity contribution in [2.24, 2.45) is 0 Å². The Morgan fingerprint density at radius 3 is 2.78 bits per heavy atom. The molecular weight excluding hydrogens is 255 g/mol. The molecule has 0 bridgehead atoms. The topological polar surface area (TPSA) is 26.3 Å². The van der Waals surface area contributed by atoms with Crippen LogP contribution in [0, 0.1) is 5.82 Å². The fourth-order valence-electron chi connectivity index (χ4n) is 1.79. The van der Waals surface area contributed by atoms with Crippen molar-refractivity contribution >= 4 is 17.4 Å². The molecule has 1 atom stereocenters. The first kappa shape index (κ1) is 15.1. The Morgan fingerprint density at radius 2 is 2.17 bits per heavy atom. The molecule has 0 heterocycles. The summed E-state index contributed by atoms with van der Waals surface area (Å²) in [6, 6.07) is 4.69. The number of ether oxygens (including phenoxy) is 1. The van der Waals surface area contributed by atoms with Crippen LogP contribution in [-0.2, 0) is 16.0 Å². The van der Waals surface area contributed by atoms with Gasteiger partial charge in [-0.3, -0.25) is 4.79 Å². The molecule has 0 fully saturated rings. The zero-order chi connectivity index (χ0) is 13.5. The van der Waals surface area contributed by atoms with Crippen molar-refractivity contribution in [3.05, 3.63) is 34.6 Å². The lowest BCUT2D eigenvalue weighted by Crippen LogP contribution is -2.26. The number of carbonyl (C=O) groups is 1. The Balaban J connectivity index is 2.75. The molecule has 1 aromatic carbocycles. The maximum atomic E-state index is 13.7. The van der Waals surface area contributed by atoms with Gasteiger partial charge in [0.1, 0.15) is 11.9 Å². The number of hydrogen-bond acceptors (Lipinski definition) is 2. The van der Waals surface area contributed by atoms with E-state index in [1.165, 1.54) is 6.07 Å². The van der Waals surface area contributed by atoms with Crippen LogP contribution in [0.5, 0.6) is 0 Å². The van der Waals surface area contributed by atoms with Gasteiger partial charge in [0.2, 0.25) is 0 Å². The molecular formula is C14H18ClFO2. The molecule has 18 heavy (non-hydrogen) atoms. The molecule has 1 unspecified atom stereocenters. The summed E-state index contributed by atoms with van der Waals surface area (Å²) >= 11 is 5.68. The first-order valence-electron chi connectivity index (χ1n) is 6.17. The van der Waals surface area contributed by atoms with Crippen molar-refractivity contribution in [2.75, 3.05) is 6.61 Å². The Hall–Kier alpha value is -0.930. The largest absolute Gasteiger partial charge is 0.371 e. The van der Waals surface area contributed by atoms with Gasteiger partial charge in [0, 0.05) is 13.0 Å². The number of rotatable bonds is 7. The number of halogens is 2. The molecule has 2 nitrogen and oxygen atoms in total. The lowest BCUT2D eigenvalue weighted by atomic mass is 10.0. The second-order valence-electron chi connectivity index (χ2n) is 4.09. The highest BCUT2D eigenvalue weighted by Crippen LogP contribution is 2.19. The highest BCUT2D eigenvalue weighted by atomic mass is 35.5. The molecule has 0 aliphatic rings. The molecule has 0 aliphatic carbocycles. The van der Waals surface area contributed by atoms with E-state index in [-0.39, 0.29) is 17.2 Å². The van der Waals surface area contributed by atoms with Crippen molar-refractivity contribution in [3.63, 3.8) is 0 Å². The van der Waals surface area contributed by atoms with Gasteiger partial charge in [-0.15, -0.1) is 0 Å². The van der Waals surface area contributed by atoms with Crippen molar-refractivity contribution in [1.82, 2.24) is 0 Å². The van der Waals surface area contributed by atoms with Crippen molar-refractivity contribution in [3.8, 4) is 0 Å². The number of benzene rings is 1. The van der Waals surface area contributed by atoms with E-state index in [2.05, 4.69) is 0 Å². The summed E-state index contributed by atoms with van der Waals surface area (Å²) in [5, 5.41) is 0.0451. The molecule has 100 valence electrons. The van der Waals surface area contributed by atoms with Gasteiger partial charge < -0.3 is 4.74 Å². The van der Waals surface area contributed by atoms with Crippen LogP contribution in [0.4, 0.5) is 4.39 Å². The fourth-order valence-corrected chi connectivity index (χ4v) is 1.98. The van der Waals surface area contributed by atoms with Gasteiger partial charge in [0.05, 0.1) is 5.02 Å². The summed E-state index contributed by atoms with van der Waals surface area (Å²) in [4.78, 5) is 12.0. The minimum Gasteiger partial charge on any atom is -0.371 e. The quantitative estimate of drug-likeness (QED) is 0.755. The van der Waals surface area contributed by atoms with E-state index in [0.717, 1.165) is 6.42 Å². The summed E-state index contributed by atoms with van der Waals surface area (Å²) < 4.78 is 19.1. The lowest BCUT2D eigenvalue weighted by molar-refractivity contribution is -0.130. The molecule has 0 saturated heterocycles. The smallest absolute Gasteiger partial charge is 0.166 e. The maximum Gasteiger partial charge on any atom is 0.166 e. The number of hydrogen-bond donors (Lipinski definition) is 0. The fraction of sp³-hybridized carbons (Fsp3) is 0.500. The van der Waals surface area contributed by atoms with E-state index in [0.29, 0.717) is 18.6 Å². The van der Waals surface area contributed by atoms with Crippen LogP contribution in [0.3, 0.4) is 0 Å². The molecule has 1 rings (SSSR count). The molecule has 4 heteroatoms. The monoisotopic (exact) mass is 272 g/mol. The third-order valence-electron chi connectivity index (χ3n) is 2.67. The zero-order valence-electron chi connectivity index (χ0n) is 10.7. The highest BCUT2D eigenvalue weighted by Gasteiger charge is 2.19. The third-order valence-corrected chi connectivity index (χ3v) is 2.97. The van der Waals surface area contributed by atoms with E-state index in [9.17, 15) is 9.18 Å². The Labute approximate surface area is 112 Å². The normalized spacial score (nSPS) is 12.4. The number of carbonyl (C=O) groups excluding carboxylic acids is 1. The van der Waals surface area contributed by atoms with E-state index >= 15 is 0 Å².